The van der Waals surface area contributed by atoms with Crippen LogP contribution >= 0.6 is 0 Å². The molecule has 1 rings (SSSR count). The van der Waals surface area contributed by atoms with Gasteiger partial charge in [0, 0.05) is 25.3 Å². The Labute approximate surface area is 97.2 Å². The summed E-state index contributed by atoms with van der Waals surface area (Å²) in [5.41, 5.74) is -0.283. The second-order valence-electron chi connectivity index (χ2n) is 3.20. The van der Waals surface area contributed by atoms with Gasteiger partial charge in [-0.1, -0.05) is 6.07 Å². The van der Waals surface area contributed by atoms with Gasteiger partial charge in [-0.15, -0.1) is 0 Å². The molecular formula is C10H11N2O5-. The van der Waals surface area contributed by atoms with Crippen LogP contribution in [0.15, 0.2) is 18.2 Å². The van der Waals surface area contributed by atoms with Gasteiger partial charge in [0.05, 0.1) is 17.5 Å². The van der Waals surface area contributed by atoms with Crippen LogP contribution in [0.5, 0.6) is 0 Å². The van der Waals surface area contributed by atoms with E-state index in [1.807, 2.05) is 0 Å². The molecular weight excluding hydrogens is 228 g/mol. The fourth-order valence-electron chi connectivity index (χ4n) is 1.25. The lowest BCUT2D eigenvalue weighted by molar-refractivity contribution is -0.384. The first-order valence-corrected chi connectivity index (χ1v) is 4.79. The summed E-state index contributed by atoms with van der Waals surface area (Å²) in [4.78, 5) is 20.7. The Morgan fingerprint density at radius 2 is 2.24 bits per heavy atom. The van der Waals surface area contributed by atoms with E-state index in [2.05, 4.69) is 5.32 Å². The number of benzene rings is 1. The first-order valence-electron chi connectivity index (χ1n) is 4.79. The molecule has 0 fully saturated rings. The van der Waals surface area contributed by atoms with Crippen molar-refractivity contribution in [3.63, 3.8) is 0 Å². The minimum absolute atomic E-state index is 0.228. The number of nitro benzene ring substituents is 1. The van der Waals surface area contributed by atoms with Crippen LogP contribution in [0.25, 0.3) is 0 Å². The largest absolute Gasteiger partial charge is 0.545 e. The van der Waals surface area contributed by atoms with Gasteiger partial charge in [0.2, 0.25) is 0 Å². The fraction of sp³-hybridized carbons (Fsp3) is 0.300. The number of anilines is 1. The average molecular weight is 239 g/mol. The highest BCUT2D eigenvalue weighted by molar-refractivity contribution is 5.88. The van der Waals surface area contributed by atoms with Crippen LogP contribution in [-0.4, -0.2) is 31.2 Å². The average Bonchev–Trinajstić information content (AvgIpc) is 2.29. The summed E-state index contributed by atoms with van der Waals surface area (Å²) in [5, 5.41) is 24.1. The van der Waals surface area contributed by atoms with Gasteiger partial charge in [0.15, 0.2) is 0 Å². The molecule has 0 amide bonds. The van der Waals surface area contributed by atoms with E-state index in [9.17, 15) is 20.0 Å². The van der Waals surface area contributed by atoms with Crippen LogP contribution in [0.2, 0.25) is 0 Å². The number of ether oxygens (including phenoxy) is 1. The van der Waals surface area contributed by atoms with E-state index in [1.165, 1.54) is 19.2 Å². The Kier molecular flexibility index (Phi) is 4.41. The lowest BCUT2D eigenvalue weighted by atomic mass is 10.1. The minimum Gasteiger partial charge on any atom is -0.545 e. The van der Waals surface area contributed by atoms with Crippen LogP contribution in [-0.2, 0) is 4.74 Å². The molecule has 0 saturated heterocycles. The maximum atomic E-state index is 10.8. The van der Waals surface area contributed by atoms with E-state index in [4.69, 9.17) is 4.74 Å². The van der Waals surface area contributed by atoms with E-state index in [0.717, 1.165) is 6.07 Å². The van der Waals surface area contributed by atoms with Crippen molar-refractivity contribution in [2.75, 3.05) is 25.6 Å². The molecule has 0 aliphatic heterocycles. The molecule has 0 radical (unpaired) electrons. The van der Waals surface area contributed by atoms with Crippen LogP contribution < -0.4 is 10.4 Å². The molecule has 0 atom stereocenters. The van der Waals surface area contributed by atoms with Gasteiger partial charge >= 0.3 is 0 Å². The standard InChI is InChI=1S/C10H12N2O5/c1-17-5-4-11-8-3-2-7(10(13)14)6-9(8)12(15)16/h2-3,6,11H,4-5H2,1H3,(H,13,14)/p-1. The molecule has 0 heterocycles. The van der Waals surface area contributed by atoms with E-state index in [0.29, 0.717) is 13.2 Å². The number of hydrogen-bond acceptors (Lipinski definition) is 6. The number of carbonyl (C=O) groups excluding carboxylic acids is 1. The van der Waals surface area contributed by atoms with Crippen molar-refractivity contribution in [2.24, 2.45) is 0 Å². The van der Waals surface area contributed by atoms with Gasteiger partial charge in [-0.2, -0.15) is 0 Å². The first kappa shape index (κ1) is 12.9. The molecule has 0 aliphatic rings. The molecule has 0 aromatic heterocycles. The predicted molar refractivity (Wildman–Crippen MR) is 57.8 cm³/mol. The quantitative estimate of drug-likeness (QED) is 0.426. The van der Waals surface area contributed by atoms with Gasteiger partial charge in [-0.05, 0) is 6.07 Å². The van der Waals surface area contributed by atoms with Crippen molar-refractivity contribution in [3.05, 3.63) is 33.9 Å². The summed E-state index contributed by atoms with van der Waals surface area (Å²) in [6.07, 6.45) is 0. The van der Waals surface area contributed by atoms with Gasteiger partial charge in [-0.25, -0.2) is 0 Å². The molecule has 7 heteroatoms. The van der Waals surface area contributed by atoms with Crippen molar-refractivity contribution in [1.29, 1.82) is 0 Å². The lowest BCUT2D eigenvalue weighted by Crippen LogP contribution is -2.22. The number of aromatic carboxylic acids is 1. The summed E-state index contributed by atoms with van der Waals surface area (Å²) in [6, 6.07) is 3.54. The third kappa shape index (κ3) is 3.42. The number of carbonyl (C=O) groups is 1. The van der Waals surface area contributed by atoms with Crippen molar-refractivity contribution in [1.82, 2.24) is 0 Å². The van der Waals surface area contributed by atoms with Gasteiger partial charge in [0.25, 0.3) is 5.69 Å². The Hall–Kier alpha value is -2.15. The SMILES string of the molecule is COCCNc1ccc(C(=O)[O-])cc1[N+](=O)[O-]. The van der Waals surface area contributed by atoms with Crippen LogP contribution in [0.4, 0.5) is 11.4 Å². The molecule has 17 heavy (non-hydrogen) atoms. The molecule has 1 aromatic carbocycles. The highest BCUT2D eigenvalue weighted by Gasteiger charge is 2.14. The van der Waals surface area contributed by atoms with Crippen molar-refractivity contribution < 1.29 is 19.6 Å². The first-order chi connectivity index (χ1) is 8.06. The van der Waals surface area contributed by atoms with Crippen LogP contribution in [0.3, 0.4) is 0 Å². The Morgan fingerprint density at radius 3 is 2.76 bits per heavy atom. The zero-order chi connectivity index (χ0) is 12.8. The molecule has 0 spiro atoms. The number of hydrogen-bond donors (Lipinski definition) is 1. The highest BCUT2D eigenvalue weighted by Crippen LogP contribution is 2.25. The van der Waals surface area contributed by atoms with Crippen LogP contribution in [0, 0.1) is 10.1 Å². The van der Waals surface area contributed by atoms with E-state index >= 15 is 0 Å². The van der Waals surface area contributed by atoms with Crippen molar-refractivity contribution in [2.45, 2.75) is 0 Å². The smallest absolute Gasteiger partial charge is 0.292 e. The molecule has 0 saturated carbocycles. The zero-order valence-corrected chi connectivity index (χ0v) is 9.13. The van der Waals surface area contributed by atoms with Crippen molar-refractivity contribution >= 4 is 17.3 Å². The summed E-state index contributed by atoms with van der Waals surface area (Å²) in [5.74, 6) is -1.45. The van der Waals surface area contributed by atoms with Crippen molar-refractivity contribution in [3.8, 4) is 0 Å². The van der Waals surface area contributed by atoms with E-state index in [-0.39, 0.29) is 16.9 Å². The number of nitrogens with one attached hydrogen (secondary N) is 1. The topological polar surface area (TPSA) is 105 Å². The second kappa shape index (κ2) is 5.80. The van der Waals surface area contributed by atoms with E-state index < -0.39 is 10.9 Å². The highest BCUT2D eigenvalue weighted by atomic mass is 16.6. The zero-order valence-electron chi connectivity index (χ0n) is 9.13. The predicted octanol–water partition coefficient (Wildman–Crippen LogP) is 0.0166. The Bertz CT molecular complexity index is 433. The maximum absolute atomic E-state index is 10.8. The summed E-state index contributed by atoms with van der Waals surface area (Å²) in [7, 11) is 1.51. The molecule has 7 nitrogen and oxygen atoms in total. The number of carboxylic acids is 1. The Balaban J connectivity index is 2.96. The maximum Gasteiger partial charge on any atom is 0.292 e. The molecule has 0 aliphatic carbocycles. The van der Waals surface area contributed by atoms with Gasteiger partial charge < -0.3 is 20.0 Å². The molecule has 1 N–H and O–H groups in total. The molecule has 1 aromatic rings. The van der Waals surface area contributed by atoms with Crippen LogP contribution in [0.1, 0.15) is 10.4 Å². The fourth-order valence-corrected chi connectivity index (χ4v) is 1.25. The third-order valence-corrected chi connectivity index (χ3v) is 2.05. The summed E-state index contributed by atoms with van der Waals surface area (Å²) >= 11 is 0. The van der Waals surface area contributed by atoms with Gasteiger partial charge in [-0.3, -0.25) is 10.1 Å². The third-order valence-electron chi connectivity index (χ3n) is 2.05. The Morgan fingerprint density at radius 1 is 1.53 bits per heavy atom. The summed E-state index contributed by atoms with van der Waals surface area (Å²) in [6.45, 7) is 0.779. The number of rotatable bonds is 6. The molecule has 0 unspecified atom stereocenters. The number of carboxylic acid groups (broad SMARTS) is 1. The lowest BCUT2D eigenvalue weighted by Gasteiger charge is -2.08. The number of nitrogens with zero attached hydrogens (tertiary/aromatic N) is 1. The number of methoxy groups -OCH3 is 1. The van der Waals surface area contributed by atoms with Gasteiger partial charge in [0.1, 0.15) is 5.69 Å². The summed E-state index contributed by atoms with van der Waals surface area (Å²) < 4.78 is 4.79. The molecule has 92 valence electrons. The number of nitro groups is 1. The minimum atomic E-state index is -1.45. The van der Waals surface area contributed by atoms with E-state index in [1.54, 1.807) is 0 Å². The molecule has 0 bridgehead atoms. The second-order valence-corrected chi connectivity index (χ2v) is 3.20. The normalized spacial score (nSPS) is 9.94. The monoisotopic (exact) mass is 239 g/mol.